The predicted octanol–water partition coefficient (Wildman–Crippen LogP) is 8.76. The van der Waals surface area contributed by atoms with Gasteiger partial charge in [0.2, 0.25) is 0 Å². The number of nitrogens with zero attached hydrogens (tertiary/aromatic N) is 2. The molecule has 0 aliphatic rings. The Balaban J connectivity index is 1.12. The van der Waals surface area contributed by atoms with Gasteiger partial charge in [0.1, 0.15) is 7.85 Å². The number of hydrogen-bond donors (Lipinski definition) is 0. The molecule has 226 valence electrons. The lowest BCUT2D eigenvalue weighted by Gasteiger charge is -2.17. The zero-order valence-corrected chi connectivity index (χ0v) is 28.9. The van der Waals surface area contributed by atoms with E-state index in [-0.39, 0.29) is 0 Å². The molecule has 2 aromatic heterocycles. The molecule has 8 aromatic carbocycles. The molecule has 0 atom stereocenters. The summed E-state index contributed by atoms with van der Waals surface area (Å²) in [6.07, 6.45) is 0. The van der Waals surface area contributed by atoms with Crippen molar-refractivity contribution in [2.45, 2.75) is 0 Å². The van der Waals surface area contributed by atoms with E-state index in [1.165, 1.54) is 37.0 Å². The molecule has 0 aliphatic heterocycles. The molecule has 2 radical (unpaired) electrons. The maximum Gasteiger partial charge on any atom is 0.260 e. The fourth-order valence-electron chi connectivity index (χ4n) is 7.78. The third-order valence-electron chi connectivity index (χ3n) is 10.1. The second-order valence-electron chi connectivity index (χ2n) is 12.9. The first-order valence-corrected chi connectivity index (χ1v) is 17.7. The Morgan fingerprint density at radius 1 is 0.429 bits per heavy atom. The number of hydrogen-bond acceptors (Lipinski definition) is 1. The molecule has 0 amide bonds. The van der Waals surface area contributed by atoms with Crippen LogP contribution in [0, 0.1) is 0 Å². The molecule has 10 aromatic rings. The van der Waals surface area contributed by atoms with Gasteiger partial charge in [-0.1, -0.05) is 121 Å². The van der Waals surface area contributed by atoms with Crippen molar-refractivity contribution in [2.75, 3.05) is 0 Å². The standard InChI is InChI=1S/C44H26BN2O.Al.2H/c45-32-20-24-43-39(27-32)38-26-29(28-17-21-33(22-18-28)46-40-15-7-5-13-36(40)37-14-6-8-16-41(37)46)19-23-42(38)47(43)48-44-34-11-3-1-9-30(34)25-31-10-2-4-12-35(31)44;;;/h1-24,26-27H;;;. The first-order valence-electron chi connectivity index (χ1n) is 16.7. The summed E-state index contributed by atoms with van der Waals surface area (Å²) in [5.74, 6) is 0.867. The predicted molar refractivity (Wildman–Crippen MR) is 210 cm³/mol. The average molecular weight is 639 g/mol. The van der Waals surface area contributed by atoms with Crippen molar-refractivity contribution in [3.8, 4) is 22.6 Å². The van der Waals surface area contributed by atoms with Crippen LogP contribution in [0.2, 0.25) is 0 Å². The summed E-state index contributed by atoms with van der Waals surface area (Å²) in [5.41, 5.74) is 8.54. The van der Waals surface area contributed by atoms with Crippen LogP contribution in [0.3, 0.4) is 0 Å². The fraction of sp³-hybridized carbons (Fsp3) is 0. The largest absolute Gasteiger partial charge is 0.373 e. The highest BCUT2D eigenvalue weighted by Gasteiger charge is 2.18. The molecule has 0 spiro atoms. The summed E-state index contributed by atoms with van der Waals surface area (Å²) in [6.45, 7) is 0. The minimum absolute atomic E-state index is 0.726. The van der Waals surface area contributed by atoms with Gasteiger partial charge in [0.25, 0.3) is 16.3 Å². The first-order chi connectivity index (χ1) is 24.1. The van der Waals surface area contributed by atoms with Gasteiger partial charge in [0, 0.05) is 38.0 Å². The molecule has 0 saturated heterocycles. The average Bonchev–Trinajstić information content (AvgIpc) is 3.65. The Labute approximate surface area is 292 Å². The van der Waals surface area contributed by atoms with Crippen LogP contribution in [0.1, 0.15) is 0 Å². The van der Waals surface area contributed by atoms with Crippen molar-refractivity contribution in [2.24, 2.45) is 0 Å². The van der Waals surface area contributed by atoms with Crippen molar-refractivity contribution < 1.29 is 4.84 Å². The van der Waals surface area contributed by atoms with Crippen LogP contribution in [0.25, 0.3) is 82.0 Å². The smallest absolute Gasteiger partial charge is 0.260 e. The maximum absolute atomic E-state index is 7.03. The van der Waals surface area contributed by atoms with E-state index >= 15 is 0 Å². The van der Waals surface area contributed by atoms with E-state index in [0.717, 1.165) is 76.9 Å². The maximum atomic E-state index is 7.03. The van der Waals surface area contributed by atoms with Gasteiger partial charge >= 0.3 is 0 Å². The van der Waals surface area contributed by atoms with Gasteiger partial charge in [-0.05, 0) is 64.4 Å². The van der Waals surface area contributed by atoms with E-state index in [9.17, 15) is 0 Å². The summed E-state index contributed by atoms with van der Waals surface area (Å²) < 4.78 is 5.73. The van der Waals surface area contributed by atoms with Crippen molar-refractivity contribution in [1.29, 1.82) is 0 Å². The molecular formula is C44H28AlBN2O. The molecule has 10 rings (SSSR count). The van der Waals surface area contributed by atoms with Crippen molar-refractivity contribution >= 4 is 99.2 Å². The highest BCUT2D eigenvalue weighted by Crippen LogP contribution is 2.38. The molecule has 0 fully saturated rings. The number of para-hydroxylation sites is 2. The monoisotopic (exact) mass is 638 g/mol. The van der Waals surface area contributed by atoms with Gasteiger partial charge < -0.3 is 9.40 Å². The normalized spacial score (nSPS) is 11.8. The molecule has 49 heavy (non-hydrogen) atoms. The van der Waals surface area contributed by atoms with Crippen LogP contribution in [0.5, 0.6) is 5.75 Å². The molecule has 0 aliphatic carbocycles. The summed E-state index contributed by atoms with van der Waals surface area (Å²) in [6, 6.07) is 56.0. The summed E-state index contributed by atoms with van der Waals surface area (Å²) >= 11 is 0.943. The second kappa shape index (κ2) is 10.9. The van der Waals surface area contributed by atoms with Crippen LogP contribution in [0.15, 0.2) is 158 Å². The Morgan fingerprint density at radius 3 is 1.53 bits per heavy atom. The van der Waals surface area contributed by atoms with Crippen LogP contribution < -0.4 is 14.7 Å². The molecular weight excluding hydrogens is 610 g/mol. The third kappa shape index (κ3) is 4.30. The van der Waals surface area contributed by atoms with Crippen LogP contribution >= 0.6 is 0 Å². The van der Waals surface area contributed by atoms with Crippen LogP contribution in [-0.4, -0.2) is 33.4 Å². The topological polar surface area (TPSA) is 19.1 Å². The zero-order chi connectivity index (χ0) is 32.6. The SMILES string of the molecule is [B]c1ccc2c(c1)c1cc(-c3ccc(-n4c5ccccc5c5ccccc54)cc3)ccc1n2Oc1c2ccccc2[c]([AlH2])c2ccccc12. The number of fused-ring (bicyclic) bond motifs is 8. The van der Waals surface area contributed by atoms with E-state index < -0.39 is 0 Å². The second-order valence-corrected chi connectivity index (χ2v) is 13.9. The quantitative estimate of drug-likeness (QED) is 0.139. The van der Waals surface area contributed by atoms with Gasteiger partial charge in [-0.25, -0.2) is 0 Å². The van der Waals surface area contributed by atoms with Gasteiger partial charge in [-0.15, -0.1) is 4.43 Å². The number of aromatic nitrogens is 2. The van der Waals surface area contributed by atoms with Gasteiger partial charge in [0.15, 0.2) is 5.75 Å². The zero-order valence-electron chi connectivity index (χ0n) is 26.9. The van der Waals surface area contributed by atoms with Gasteiger partial charge in [0.05, 0.1) is 22.1 Å². The fourth-order valence-corrected chi connectivity index (χ4v) is 8.65. The Morgan fingerprint density at radius 2 is 0.918 bits per heavy atom. The van der Waals surface area contributed by atoms with E-state index in [1.54, 1.807) is 0 Å². The number of rotatable bonds is 4. The molecule has 0 unspecified atom stereocenters. The summed E-state index contributed by atoms with van der Waals surface area (Å²) in [5, 5.41) is 9.43. The van der Waals surface area contributed by atoms with Crippen LogP contribution in [0.4, 0.5) is 0 Å². The minimum Gasteiger partial charge on any atom is -0.373 e. The van der Waals surface area contributed by atoms with E-state index in [4.69, 9.17) is 12.7 Å². The van der Waals surface area contributed by atoms with E-state index in [2.05, 4.69) is 156 Å². The highest BCUT2D eigenvalue weighted by atomic mass is 27.0. The molecule has 3 nitrogen and oxygen atoms in total. The van der Waals surface area contributed by atoms with Crippen molar-refractivity contribution in [3.63, 3.8) is 0 Å². The first kappa shape index (κ1) is 28.3. The lowest BCUT2D eigenvalue weighted by Crippen LogP contribution is -2.11. The lowest BCUT2D eigenvalue weighted by atomic mass is 9.94. The minimum atomic E-state index is 0.726. The summed E-state index contributed by atoms with van der Waals surface area (Å²) in [4.78, 5) is 7.03. The molecule has 0 bridgehead atoms. The van der Waals surface area contributed by atoms with Crippen LogP contribution in [-0.2, 0) is 0 Å². The molecule has 0 saturated carbocycles. The molecule has 5 heteroatoms. The Kier molecular flexibility index (Phi) is 6.30. The third-order valence-corrected chi connectivity index (χ3v) is 11.2. The number of benzene rings is 8. The van der Waals surface area contributed by atoms with Crippen molar-refractivity contribution in [3.05, 3.63) is 158 Å². The van der Waals surface area contributed by atoms with Crippen molar-refractivity contribution in [1.82, 2.24) is 9.30 Å². The summed E-state index contributed by atoms with van der Waals surface area (Å²) in [7, 11) is 6.38. The lowest BCUT2D eigenvalue weighted by molar-refractivity contribution is 0.248. The highest BCUT2D eigenvalue weighted by molar-refractivity contribution is 6.46. The van der Waals surface area contributed by atoms with E-state index in [1.807, 2.05) is 10.8 Å². The van der Waals surface area contributed by atoms with E-state index in [0.29, 0.717) is 0 Å². The Hall–Kier alpha value is -5.72. The molecule has 2 heterocycles. The van der Waals surface area contributed by atoms with Gasteiger partial charge in [-0.2, -0.15) is 4.73 Å². The molecule has 0 N–H and O–H groups in total. The Bertz CT molecular complexity index is 2830. The van der Waals surface area contributed by atoms with Gasteiger partial charge in [-0.3, -0.25) is 0 Å².